The maximum absolute atomic E-state index is 9.41. The van der Waals surface area contributed by atoms with Crippen molar-refractivity contribution in [1.82, 2.24) is 0 Å². The van der Waals surface area contributed by atoms with Gasteiger partial charge >= 0.3 is 47.9 Å². The van der Waals surface area contributed by atoms with E-state index in [-0.39, 0.29) is 0 Å². The molecule has 0 saturated heterocycles. The van der Waals surface area contributed by atoms with Crippen LogP contribution in [0.5, 0.6) is 0 Å². The quantitative estimate of drug-likeness (QED) is 0.582. The Morgan fingerprint density at radius 3 is 1.83 bits per heavy atom. The van der Waals surface area contributed by atoms with Gasteiger partial charge in [-0.25, -0.2) is 0 Å². The molecule has 37 valence electrons. The van der Waals surface area contributed by atoms with Gasteiger partial charge in [0.05, 0.1) is 0 Å². The summed E-state index contributed by atoms with van der Waals surface area (Å²) in [4.78, 5) is 0. The van der Waals surface area contributed by atoms with Crippen LogP contribution in [-0.2, 0) is 30.3 Å². The predicted octanol–water partition coefficient (Wildman–Crippen LogP) is -1.25. The molecule has 0 rings (SSSR count). The van der Waals surface area contributed by atoms with E-state index in [1.807, 2.05) is 0 Å². The van der Waals surface area contributed by atoms with Crippen LogP contribution >= 0.6 is 0 Å². The average molecular weight is 240 g/mol. The van der Waals surface area contributed by atoms with E-state index in [1.165, 1.54) is 0 Å². The molecule has 0 spiro atoms. The average Bonchev–Trinajstić information content (AvgIpc) is 1.35. The molecule has 0 aromatic heterocycles. The molecule has 0 saturated carbocycles. The predicted molar refractivity (Wildman–Crippen MR) is 10.4 cm³/mol. The van der Waals surface area contributed by atoms with Crippen LogP contribution in [0.3, 0.4) is 0 Å². The van der Waals surface area contributed by atoms with Crippen molar-refractivity contribution in [1.29, 1.82) is 0 Å². The molecule has 0 aliphatic heterocycles. The minimum absolute atomic E-state index is 0.841. The second-order valence-electron chi connectivity index (χ2n) is 0.496. The number of hydrogen-bond acceptors (Lipinski definition) is 3. The summed E-state index contributed by atoms with van der Waals surface area (Å²) in [7, 11) is 0. The molecule has 0 heterocycles. The monoisotopic (exact) mass is 243 g/mol. The molecular formula is HMoO4Se. The normalized spacial score (nSPS) is 11.5. The fourth-order valence-electron chi connectivity index (χ4n) is 0. The first kappa shape index (κ1) is 6.73. The summed E-state index contributed by atoms with van der Waals surface area (Å²) in [6.45, 7) is 0. The molecule has 0 aliphatic carbocycles. The van der Waals surface area contributed by atoms with Crippen LogP contribution in [0.4, 0.5) is 0 Å². The zero-order valence-corrected chi connectivity index (χ0v) is 6.21. The molecule has 1 N–H and O–H groups in total. The fraction of sp³-hybridized carbons (Fsp3) is 0. The van der Waals surface area contributed by atoms with Gasteiger partial charge in [-0.15, -0.1) is 0 Å². The number of hydrogen-bond donors (Lipinski definition) is 1. The maximum atomic E-state index is 9.41. The Kier molecular flexibility index (Phi) is 2.40. The summed E-state index contributed by atoms with van der Waals surface area (Å²) in [5, 5.41) is 0. The van der Waals surface area contributed by atoms with Gasteiger partial charge in [-0.2, -0.15) is 0 Å². The van der Waals surface area contributed by atoms with E-state index in [9.17, 15) is 7.67 Å². The standard InChI is InChI=1S/Mo.H2O4Se/c;1-5(2,3)4/h;(H2,1,2,3,4)/q+1;/p-1. The van der Waals surface area contributed by atoms with Gasteiger partial charge in [0.1, 0.15) is 0 Å². The zero-order valence-electron chi connectivity index (χ0n) is 2.49. The van der Waals surface area contributed by atoms with Gasteiger partial charge < -0.3 is 0 Å². The number of rotatable bonds is 1. The SMILES string of the molecule is O=[Se](=O)(O)[O][Mo]. The van der Waals surface area contributed by atoms with Gasteiger partial charge in [-0.05, 0) is 0 Å². The third-order valence-corrected chi connectivity index (χ3v) is 2.64. The summed E-state index contributed by atoms with van der Waals surface area (Å²) in [5.74, 6) is 0. The first-order valence-electron chi connectivity index (χ1n) is 0.849. The van der Waals surface area contributed by atoms with Crippen molar-refractivity contribution < 1.29 is 34.5 Å². The van der Waals surface area contributed by atoms with Gasteiger partial charge in [0.2, 0.25) is 0 Å². The third-order valence-electron chi connectivity index (χ3n) is 0.0860. The first-order chi connectivity index (χ1) is 2.56. The van der Waals surface area contributed by atoms with E-state index in [4.69, 9.17) is 4.19 Å². The van der Waals surface area contributed by atoms with Crippen LogP contribution < -0.4 is 0 Å². The second kappa shape index (κ2) is 2.14. The Bertz CT molecular complexity index is 110. The van der Waals surface area contributed by atoms with Crippen molar-refractivity contribution in [2.24, 2.45) is 0 Å². The van der Waals surface area contributed by atoms with Crippen LogP contribution in [0, 0.1) is 0 Å². The molecule has 0 fully saturated rings. The fourth-order valence-corrected chi connectivity index (χ4v) is 0. The van der Waals surface area contributed by atoms with Crippen LogP contribution in [0.25, 0.3) is 0 Å². The van der Waals surface area contributed by atoms with E-state index in [0.29, 0.717) is 0 Å². The van der Waals surface area contributed by atoms with Gasteiger partial charge in [-0.3, -0.25) is 0 Å². The van der Waals surface area contributed by atoms with Crippen molar-refractivity contribution in [2.75, 3.05) is 0 Å². The molecule has 0 unspecified atom stereocenters. The van der Waals surface area contributed by atoms with Crippen LogP contribution in [0.2, 0.25) is 0 Å². The Balaban J connectivity index is 3.85. The van der Waals surface area contributed by atoms with E-state index in [0.717, 1.165) is 20.2 Å². The third kappa shape index (κ3) is 4.73. The van der Waals surface area contributed by atoms with Crippen LogP contribution in [0.1, 0.15) is 0 Å². The van der Waals surface area contributed by atoms with Crippen molar-refractivity contribution in [3.8, 4) is 0 Å². The molecule has 0 atom stereocenters. The molecule has 0 aromatic carbocycles. The van der Waals surface area contributed by atoms with Crippen LogP contribution in [0.15, 0.2) is 0 Å². The Morgan fingerprint density at radius 1 is 1.67 bits per heavy atom. The molecule has 4 nitrogen and oxygen atoms in total. The zero-order chi connectivity index (χ0) is 5.21. The molecule has 0 radical (unpaired) electrons. The van der Waals surface area contributed by atoms with Crippen molar-refractivity contribution in [3.63, 3.8) is 0 Å². The van der Waals surface area contributed by atoms with Crippen molar-refractivity contribution in [2.45, 2.75) is 0 Å². The summed E-state index contributed by atoms with van der Waals surface area (Å²) >= 11 is -3.93. The van der Waals surface area contributed by atoms with E-state index >= 15 is 0 Å². The van der Waals surface area contributed by atoms with E-state index in [1.54, 1.807) is 0 Å². The molecule has 0 bridgehead atoms. The molecular weight excluding hydrogens is 239 g/mol. The Morgan fingerprint density at radius 2 is 1.83 bits per heavy atom. The summed E-state index contributed by atoms with van der Waals surface area (Å²) in [6, 6.07) is 0. The summed E-state index contributed by atoms with van der Waals surface area (Å²) in [5.41, 5.74) is 0. The van der Waals surface area contributed by atoms with Crippen molar-refractivity contribution in [3.05, 3.63) is 0 Å². The van der Waals surface area contributed by atoms with Gasteiger partial charge in [0.25, 0.3) is 0 Å². The van der Waals surface area contributed by atoms with E-state index in [2.05, 4.69) is 2.47 Å². The van der Waals surface area contributed by atoms with Gasteiger partial charge in [0.15, 0.2) is 0 Å². The Labute approximate surface area is 48.1 Å². The van der Waals surface area contributed by atoms with E-state index < -0.39 is 13.4 Å². The van der Waals surface area contributed by atoms with Gasteiger partial charge in [-0.1, -0.05) is 0 Å². The molecule has 6 heavy (non-hydrogen) atoms. The first-order valence-corrected chi connectivity index (χ1v) is 4.53. The van der Waals surface area contributed by atoms with Crippen LogP contribution in [-0.4, -0.2) is 17.6 Å². The second-order valence-corrected chi connectivity index (χ2v) is 4.31. The molecule has 0 aromatic rings. The van der Waals surface area contributed by atoms with Gasteiger partial charge in [0, 0.05) is 0 Å². The molecule has 0 aliphatic rings. The van der Waals surface area contributed by atoms with Crippen molar-refractivity contribution >= 4 is 13.4 Å². The summed E-state index contributed by atoms with van der Waals surface area (Å²) < 4.78 is 30.0. The molecule has 0 amide bonds. The minimum atomic E-state index is -4.77. The summed E-state index contributed by atoms with van der Waals surface area (Å²) in [6.07, 6.45) is 0. The topological polar surface area (TPSA) is 63.6 Å². The molecule has 6 heteroatoms. The Hall–Kier alpha value is 0.728.